The van der Waals surface area contributed by atoms with Gasteiger partial charge in [-0.2, -0.15) is 0 Å². The fourth-order valence-electron chi connectivity index (χ4n) is 2.31. The van der Waals surface area contributed by atoms with Gasteiger partial charge in [0, 0.05) is 24.0 Å². The monoisotopic (exact) mass is 375 g/mol. The van der Waals surface area contributed by atoms with E-state index >= 15 is 0 Å². The van der Waals surface area contributed by atoms with Gasteiger partial charge in [-0.15, -0.1) is 11.3 Å². The molecule has 0 saturated carbocycles. The molecule has 2 amide bonds. The van der Waals surface area contributed by atoms with E-state index in [1.807, 2.05) is 6.92 Å². The number of ether oxygens (including phenoxy) is 1. The zero-order valence-corrected chi connectivity index (χ0v) is 15.5. The molecule has 0 aliphatic rings. The van der Waals surface area contributed by atoms with Crippen molar-refractivity contribution in [3.8, 4) is 0 Å². The number of hydrogen-bond acceptors (Lipinski definition) is 6. The van der Waals surface area contributed by atoms with E-state index in [2.05, 4.69) is 15.6 Å². The van der Waals surface area contributed by atoms with Crippen LogP contribution < -0.4 is 10.6 Å². The number of nitrogens with zero attached hydrogens (tertiary/aromatic N) is 1. The fraction of sp³-hybridized carbons (Fsp3) is 0.333. The lowest BCUT2D eigenvalue weighted by molar-refractivity contribution is -0.121. The molecule has 0 radical (unpaired) electrons. The first-order valence-corrected chi connectivity index (χ1v) is 9.12. The van der Waals surface area contributed by atoms with Gasteiger partial charge in [0.05, 0.1) is 30.3 Å². The molecule has 1 heterocycles. The Morgan fingerprint density at radius 2 is 2.00 bits per heavy atom. The minimum absolute atomic E-state index is 0.0647. The zero-order valence-electron chi connectivity index (χ0n) is 14.7. The second-order valence-corrected chi connectivity index (χ2v) is 6.36. The summed E-state index contributed by atoms with van der Waals surface area (Å²) in [4.78, 5) is 39.8. The number of amides is 2. The molecule has 2 aromatic rings. The van der Waals surface area contributed by atoms with Crippen LogP contribution in [0, 0.1) is 0 Å². The maximum Gasteiger partial charge on any atom is 0.337 e. The highest BCUT2D eigenvalue weighted by Crippen LogP contribution is 2.17. The largest absolute Gasteiger partial charge is 0.465 e. The van der Waals surface area contributed by atoms with E-state index in [1.165, 1.54) is 18.4 Å². The first-order chi connectivity index (χ1) is 12.5. The topological polar surface area (TPSA) is 97.4 Å². The highest BCUT2D eigenvalue weighted by molar-refractivity contribution is 7.07. The summed E-state index contributed by atoms with van der Waals surface area (Å²) in [7, 11) is 1.29. The number of methoxy groups -OCH3 is 1. The van der Waals surface area contributed by atoms with Gasteiger partial charge >= 0.3 is 5.97 Å². The van der Waals surface area contributed by atoms with Crippen LogP contribution in [0.3, 0.4) is 0 Å². The highest BCUT2D eigenvalue weighted by atomic mass is 32.1. The molecule has 0 atom stereocenters. The zero-order chi connectivity index (χ0) is 18.9. The van der Waals surface area contributed by atoms with E-state index in [0.29, 0.717) is 28.9 Å². The van der Waals surface area contributed by atoms with Crippen LogP contribution in [-0.4, -0.2) is 29.9 Å². The van der Waals surface area contributed by atoms with Crippen molar-refractivity contribution in [1.29, 1.82) is 0 Å². The maximum atomic E-state index is 12.2. The van der Waals surface area contributed by atoms with Crippen LogP contribution in [0.1, 0.15) is 41.4 Å². The molecule has 2 N–H and O–H groups in total. The lowest BCUT2D eigenvalue weighted by Gasteiger charge is -2.11. The normalized spacial score (nSPS) is 10.2. The van der Waals surface area contributed by atoms with Crippen molar-refractivity contribution in [2.45, 2.75) is 32.7 Å². The molecule has 1 aromatic heterocycles. The number of carbonyl (C=O) groups excluding carboxylic acids is 3. The smallest absolute Gasteiger partial charge is 0.337 e. The van der Waals surface area contributed by atoms with Crippen LogP contribution in [0.25, 0.3) is 0 Å². The van der Waals surface area contributed by atoms with E-state index < -0.39 is 5.97 Å². The average Bonchev–Trinajstić information content (AvgIpc) is 3.12. The van der Waals surface area contributed by atoms with Gasteiger partial charge in [0.25, 0.3) is 0 Å². The summed E-state index contributed by atoms with van der Waals surface area (Å²) < 4.78 is 4.75. The first-order valence-electron chi connectivity index (χ1n) is 8.17. The number of anilines is 1. The summed E-state index contributed by atoms with van der Waals surface area (Å²) in [6.07, 6.45) is 1.34. The average molecular weight is 375 g/mol. The Morgan fingerprint density at radius 1 is 1.19 bits per heavy atom. The predicted molar refractivity (Wildman–Crippen MR) is 99.0 cm³/mol. The molecule has 1 aromatic carbocycles. The molecule has 0 unspecified atom stereocenters. The molecule has 0 spiro atoms. The molecule has 26 heavy (non-hydrogen) atoms. The quantitative estimate of drug-likeness (QED) is 0.691. The number of esters is 1. The summed E-state index contributed by atoms with van der Waals surface area (Å²) in [6.45, 7) is 2.19. The molecule has 138 valence electrons. The summed E-state index contributed by atoms with van der Waals surface area (Å²) in [5, 5.41) is 7.35. The Balaban J connectivity index is 2.12. The van der Waals surface area contributed by atoms with E-state index in [-0.39, 0.29) is 24.8 Å². The number of nitrogens with one attached hydrogen (secondary N) is 2. The number of benzene rings is 1. The van der Waals surface area contributed by atoms with Gasteiger partial charge in [-0.05, 0) is 30.2 Å². The van der Waals surface area contributed by atoms with Gasteiger partial charge in [0.2, 0.25) is 11.8 Å². The molecule has 7 nitrogen and oxygen atoms in total. The molecule has 0 aliphatic heterocycles. The molecule has 0 fully saturated rings. The Bertz CT molecular complexity index is 775. The number of aromatic nitrogens is 1. The van der Waals surface area contributed by atoms with E-state index in [9.17, 15) is 14.4 Å². The van der Waals surface area contributed by atoms with E-state index in [0.717, 1.165) is 6.42 Å². The third-order valence-corrected chi connectivity index (χ3v) is 4.12. The third-order valence-electron chi connectivity index (χ3n) is 3.49. The molecule has 0 saturated heterocycles. The summed E-state index contributed by atoms with van der Waals surface area (Å²) in [6, 6.07) is 4.90. The SMILES string of the molecule is CCCC(=O)NCc1cc(NC(=O)Cc2cscn2)cc(C(=O)OC)c1. The number of rotatable bonds is 8. The van der Waals surface area contributed by atoms with Crippen molar-refractivity contribution in [3.63, 3.8) is 0 Å². The van der Waals surface area contributed by atoms with Crippen LogP contribution in [0.4, 0.5) is 5.69 Å². The molecule has 2 rings (SSSR count). The lowest BCUT2D eigenvalue weighted by atomic mass is 10.1. The first kappa shape index (κ1) is 19.6. The minimum Gasteiger partial charge on any atom is -0.465 e. The predicted octanol–water partition coefficient (Wildman–Crippen LogP) is 2.53. The van der Waals surface area contributed by atoms with Crippen LogP contribution >= 0.6 is 11.3 Å². The van der Waals surface area contributed by atoms with Crippen molar-refractivity contribution < 1.29 is 19.1 Å². The number of hydrogen-bond donors (Lipinski definition) is 2. The lowest BCUT2D eigenvalue weighted by Crippen LogP contribution is -2.22. The van der Waals surface area contributed by atoms with Crippen LogP contribution in [0.2, 0.25) is 0 Å². The molecular formula is C18H21N3O4S. The second-order valence-electron chi connectivity index (χ2n) is 5.64. The third kappa shape index (κ3) is 5.96. The van der Waals surface area contributed by atoms with Gasteiger partial charge in [-0.25, -0.2) is 9.78 Å². The van der Waals surface area contributed by atoms with Gasteiger partial charge in [-0.1, -0.05) is 6.92 Å². The second kappa shape index (κ2) is 9.67. The van der Waals surface area contributed by atoms with Crippen molar-refractivity contribution in [3.05, 3.63) is 45.9 Å². The van der Waals surface area contributed by atoms with E-state index in [4.69, 9.17) is 4.74 Å². The summed E-state index contributed by atoms with van der Waals surface area (Å²) >= 11 is 1.42. The minimum atomic E-state index is -0.512. The molecule has 8 heteroatoms. The maximum absolute atomic E-state index is 12.2. The van der Waals surface area contributed by atoms with Crippen molar-refractivity contribution in [2.75, 3.05) is 12.4 Å². The van der Waals surface area contributed by atoms with Gasteiger partial charge in [-0.3, -0.25) is 9.59 Å². The van der Waals surface area contributed by atoms with Crippen molar-refractivity contribution in [2.24, 2.45) is 0 Å². The Hall–Kier alpha value is -2.74. The number of carbonyl (C=O) groups is 3. The molecule has 0 aliphatic carbocycles. The molecular weight excluding hydrogens is 354 g/mol. The van der Waals surface area contributed by atoms with Gasteiger partial charge < -0.3 is 15.4 Å². The summed E-state index contributed by atoms with van der Waals surface area (Å²) in [5.41, 5.74) is 3.81. The molecule has 0 bridgehead atoms. The van der Waals surface area contributed by atoms with Gasteiger partial charge in [0.15, 0.2) is 0 Å². The van der Waals surface area contributed by atoms with E-state index in [1.54, 1.807) is 29.1 Å². The van der Waals surface area contributed by atoms with Crippen LogP contribution in [-0.2, 0) is 27.3 Å². The van der Waals surface area contributed by atoms with Crippen LogP contribution in [0.15, 0.2) is 29.1 Å². The standard InChI is InChI=1S/C18H21N3O4S/c1-3-4-16(22)19-9-12-5-13(18(24)25-2)7-14(6-12)21-17(23)8-15-10-26-11-20-15/h5-7,10-11H,3-4,8-9H2,1-2H3,(H,19,22)(H,21,23). The summed E-state index contributed by atoms with van der Waals surface area (Å²) in [5.74, 6) is -0.814. The van der Waals surface area contributed by atoms with Crippen LogP contribution in [0.5, 0.6) is 0 Å². The Morgan fingerprint density at radius 3 is 2.65 bits per heavy atom. The van der Waals surface area contributed by atoms with Crippen molar-refractivity contribution >= 4 is 34.8 Å². The highest BCUT2D eigenvalue weighted by Gasteiger charge is 2.12. The fourth-order valence-corrected chi connectivity index (χ4v) is 2.87. The van der Waals surface area contributed by atoms with Crippen molar-refractivity contribution in [1.82, 2.24) is 10.3 Å². The van der Waals surface area contributed by atoms with Gasteiger partial charge in [0.1, 0.15) is 0 Å². The number of thiazole rings is 1. The Labute approximate surface area is 155 Å². The Kier molecular flexibility index (Phi) is 7.28.